The summed E-state index contributed by atoms with van der Waals surface area (Å²) in [5, 5.41) is 7.56. The lowest BCUT2D eigenvalue weighted by Gasteiger charge is -2.46. The van der Waals surface area contributed by atoms with Crippen LogP contribution in [0.15, 0.2) is 54.6 Å². The maximum Gasteiger partial charge on any atom is 0.166 e. The van der Waals surface area contributed by atoms with Crippen LogP contribution < -0.4 is 10.6 Å². The lowest BCUT2D eigenvalue weighted by Crippen LogP contribution is -2.50. The number of nitrogens with one attached hydrogen (secondary N) is 2. The van der Waals surface area contributed by atoms with Gasteiger partial charge in [-0.15, -0.1) is 0 Å². The number of hydrogen-bond acceptors (Lipinski definition) is 2. The molecule has 150 valence electrons. The monoisotopic (exact) mass is 395 g/mol. The van der Waals surface area contributed by atoms with Crippen LogP contribution in [0.2, 0.25) is 0 Å². The van der Waals surface area contributed by atoms with Gasteiger partial charge in [-0.05, 0) is 75.1 Å². The molecular weight excluding hydrogens is 362 g/mol. The van der Waals surface area contributed by atoms with Crippen LogP contribution in [0.5, 0.6) is 0 Å². The first-order valence-corrected chi connectivity index (χ1v) is 10.8. The Bertz CT molecular complexity index is 726. The van der Waals surface area contributed by atoms with Gasteiger partial charge in [-0.1, -0.05) is 61.5 Å². The highest BCUT2D eigenvalue weighted by molar-refractivity contribution is 7.80. The Morgan fingerprint density at radius 2 is 1.57 bits per heavy atom. The SMILES string of the molecule is CCCNC(=S)NC1CCC(c2ccccc2)(N(C)C)CC1.c1cc2ccc1-2. The van der Waals surface area contributed by atoms with Gasteiger partial charge in [0, 0.05) is 18.1 Å². The zero-order valence-electron chi connectivity index (χ0n) is 17.4. The number of thiocarbonyl (C=S) groups is 1. The second kappa shape index (κ2) is 9.53. The van der Waals surface area contributed by atoms with Crippen LogP contribution in [-0.2, 0) is 5.54 Å². The summed E-state index contributed by atoms with van der Waals surface area (Å²) in [6.07, 6.45) is 5.74. The number of fused-ring (bicyclic) bond motifs is 1. The predicted molar refractivity (Wildman–Crippen MR) is 124 cm³/mol. The fraction of sp³-hybridized carbons (Fsp3) is 0.458. The molecule has 28 heavy (non-hydrogen) atoms. The van der Waals surface area contributed by atoms with Crippen LogP contribution in [0, 0.1) is 0 Å². The number of nitrogens with zero attached hydrogens (tertiary/aromatic N) is 1. The van der Waals surface area contributed by atoms with Gasteiger partial charge >= 0.3 is 0 Å². The molecule has 0 aromatic heterocycles. The smallest absolute Gasteiger partial charge is 0.166 e. The third-order valence-corrected chi connectivity index (χ3v) is 6.33. The summed E-state index contributed by atoms with van der Waals surface area (Å²) in [5.74, 6) is 0. The summed E-state index contributed by atoms with van der Waals surface area (Å²) < 4.78 is 0. The van der Waals surface area contributed by atoms with E-state index in [2.05, 4.69) is 91.1 Å². The molecule has 0 unspecified atom stereocenters. The van der Waals surface area contributed by atoms with Crippen molar-refractivity contribution in [1.29, 1.82) is 0 Å². The zero-order valence-corrected chi connectivity index (χ0v) is 18.2. The molecule has 0 saturated heterocycles. The van der Waals surface area contributed by atoms with E-state index in [9.17, 15) is 0 Å². The molecule has 0 atom stereocenters. The summed E-state index contributed by atoms with van der Waals surface area (Å²) >= 11 is 5.37. The fourth-order valence-electron chi connectivity index (χ4n) is 4.12. The van der Waals surface area contributed by atoms with Crippen molar-refractivity contribution in [2.24, 2.45) is 0 Å². The quantitative estimate of drug-likeness (QED) is 0.599. The summed E-state index contributed by atoms with van der Waals surface area (Å²) in [6.45, 7) is 3.10. The lowest BCUT2D eigenvalue weighted by atomic mass is 9.74. The van der Waals surface area contributed by atoms with Gasteiger partial charge in [0.05, 0.1) is 0 Å². The van der Waals surface area contributed by atoms with Gasteiger partial charge in [-0.2, -0.15) is 0 Å². The molecule has 1 saturated carbocycles. The van der Waals surface area contributed by atoms with E-state index in [1.54, 1.807) is 0 Å². The predicted octanol–water partition coefficient (Wildman–Crippen LogP) is 4.93. The summed E-state index contributed by atoms with van der Waals surface area (Å²) in [4.78, 5) is 2.40. The van der Waals surface area contributed by atoms with Crippen LogP contribution in [0.25, 0.3) is 11.1 Å². The van der Waals surface area contributed by atoms with E-state index < -0.39 is 0 Å². The normalized spacial score (nSPS) is 22.1. The minimum Gasteiger partial charge on any atom is -0.363 e. The van der Waals surface area contributed by atoms with Gasteiger partial charge in [-0.3, -0.25) is 4.90 Å². The average Bonchev–Trinajstić information content (AvgIpc) is 2.70. The van der Waals surface area contributed by atoms with Gasteiger partial charge in [0.2, 0.25) is 0 Å². The Kier molecular flexibility index (Phi) is 7.08. The van der Waals surface area contributed by atoms with E-state index in [-0.39, 0.29) is 5.54 Å². The number of rotatable bonds is 5. The van der Waals surface area contributed by atoms with E-state index in [1.807, 2.05) is 0 Å². The molecule has 1 aromatic rings. The summed E-state index contributed by atoms with van der Waals surface area (Å²) in [6, 6.07) is 19.9. The van der Waals surface area contributed by atoms with E-state index in [4.69, 9.17) is 12.2 Å². The van der Waals surface area contributed by atoms with E-state index >= 15 is 0 Å². The number of hydrogen-bond donors (Lipinski definition) is 2. The molecule has 4 heteroatoms. The Morgan fingerprint density at radius 1 is 1.00 bits per heavy atom. The molecule has 0 aliphatic heterocycles. The van der Waals surface area contributed by atoms with Crippen molar-refractivity contribution in [3.05, 3.63) is 60.2 Å². The summed E-state index contributed by atoms with van der Waals surface area (Å²) in [7, 11) is 4.41. The van der Waals surface area contributed by atoms with Crippen LogP contribution in [0.1, 0.15) is 44.6 Å². The minimum absolute atomic E-state index is 0.165. The van der Waals surface area contributed by atoms with Crippen molar-refractivity contribution in [3.63, 3.8) is 0 Å². The Morgan fingerprint density at radius 3 is 2.00 bits per heavy atom. The first-order chi connectivity index (χ1) is 13.5. The molecule has 3 aliphatic rings. The molecule has 1 fully saturated rings. The van der Waals surface area contributed by atoms with Crippen LogP contribution >= 0.6 is 12.2 Å². The Hall–Kier alpha value is -1.91. The maximum atomic E-state index is 5.37. The first kappa shape index (κ1) is 20.8. The van der Waals surface area contributed by atoms with Crippen LogP contribution in [-0.4, -0.2) is 36.7 Å². The second-order valence-corrected chi connectivity index (χ2v) is 8.45. The maximum absolute atomic E-state index is 5.37. The first-order valence-electron chi connectivity index (χ1n) is 10.4. The van der Waals surface area contributed by atoms with Crippen molar-refractivity contribution < 1.29 is 0 Å². The molecule has 4 rings (SSSR count). The van der Waals surface area contributed by atoms with Gasteiger partial charge in [0.15, 0.2) is 5.11 Å². The molecule has 3 nitrogen and oxygen atoms in total. The molecular formula is C24H33N3S. The van der Waals surface area contributed by atoms with Crippen LogP contribution in [0.4, 0.5) is 0 Å². The Labute approximate surface area is 175 Å². The van der Waals surface area contributed by atoms with Crippen molar-refractivity contribution in [2.75, 3.05) is 20.6 Å². The molecule has 1 aromatic carbocycles. The van der Waals surface area contributed by atoms with Gasteiger partial charge in [-0.25, -0.2) is 0 Å². The van der Waals surface area contributed by atoms with Gasteiger partial charge in [0.1, 0.15) is 0 Å². The standard InChI is InChI=1S/C18H29N3S.C6H4/c1-4-14-19-17(22)20-16-10-12-18(13-11-16,21(2)3)15-8-6-5-7-9-15;1-2-6-4-3-5(1)6/h5-9,16H,4,10-14H2,1-3H3,(H2,19,20,22);1-4H. The molecule has 2 N–H and O–H groups in total. The molecule has 0 radical (unpaired) electrons. The molecule has 0 heterocycles. The van der Waals surface area contributed by atoms with Crippen LogP contribution in [0.3, 0.4) is 0 Å². The second-order valence-electron chi connectivity index (χ2n) is 8.04. The molecule has 0 spiro atoms. The third kappa shape index (κ3) is 4.73. The molecule has 0 amide bonds. The average molecular weight is 396 g/mol. The van der Waals surface area contributed by atoms with Gasteiger partial charge in [0.25, 0.3) is 0 Å². The van der Waals surface area contributed by atoms with Gasteiger partial charge < -0.3 is 10.6 Å². The Balaban J connectivity index is 0.000000311. The third-order valence-electron chi connectivity index (χ3n) is 6.07. The van der Waals surface area contributed by atoms with Crippen molar-refractivity contribution >= 4 is 17.3 Å². The zero-order chi connectivity index (χ0) is 20.0. The van der Waals surface area contributed by atoms with E-state index in [0.717, 1.165) is 43.8 Å². The van der Waals surface area contributed by atoms with E-state index in [1.165, 1.54) is 16.7 Å². The molecule has 0 bridgehead atoms. The largest absolute Gasteiger partial charge is 0.363 e. The highest BCUT2D eigenvalue weighted by atomic mass is 32.1. The fourth-order valence-corrected chi connectivity index (χ4v) is 4.39. The summed E-state index contributed by atoms with van der Waals surface area (Å²) in [5.41, 5.74) is 4.45. The molecule has 3 aliphatic carbocycles. The van der Waals surface area contributed by atoms with E-state index in [0.29, 0.717) is 6.04 Å². The highest BCUT2D eigenvalue weighted by Crippen LogP contribution is 2.40. The highest BCUT2D eigenvalue weighted by Gasteiger charge is 2.38. The number of benzene rings is 2. The lowest BCUT2D eigenvalue weighted by molar-refractivity contribution is 0.0888. The minimum atomic E-state index is 0.165. The van der Waals surface area contributed by atoms with Crippen molar-refractivity contribution in [3.8, 4) is 11.1 Å². The topological polar surface area (TPSA) is 27.3 Å². The van der Waals surface area contributed by atoms with Crippen molar-refractivity contribution in [2.45, 2.75) is 50.6 Å². The van der Waals surface area contributed by atoms with Crippen molar-refractivity contribution in [1.82, 2.24) is 15.5 Å².